The van der Waals surface area contributed by atoms with Gasteiger partial charge >= 0.3 is 11.8 Å². The van der Waals surface area contributed by atoms with Crippen molar-refractivity contribution in [2.24, 2.45) is 0 Å². The number of hydrogen-bond acceptors (Lipinski definition) is 4. The first-order valence-electron chi connectivity index (χ1n) is 13.2. The lowest BCUT2D eigenvalue weighted by Crippen LogP contribution is -2.52. The van der Waals surface area contributed by atoms with Crippen molar-refractivity contribution < 1.29 is 14.4 Å². The Balaban J connectivity index is 1.24. The summed E-state index contributed by atoms with van der Waals surface area (Å²) in [6.45, 7) is 3.44. The maximum absolute atomic E-state index is 13.1. The van der Waals surface area contributed by atoms with Crippen LogP contribution in [0.2, 0.25) is 10.0 Å². The molecule has 0 saturated carbocycles. The highest BCUT2D eigenvalue weighted by atomic mass is 79.9. The minimum atomic E-state index is -0.724. The van der Waals surface area contributed by atoms with Gasteiger partial charge in [-0.05, 0) is 66.4 Å². The second-order valence-corrected chi connectivity index (χ2v) is 11.8. The zero-order valence-electron chi connectivity index (χ0n) is 21.8. The number of halogens is 3. The van der Waals surface area contributed by atoms with Crippen LogP contribution in [0.15, 0.2) is 71.2 Å². The molecule has 0 spiro atoms. The van der Waals surface area contributed by atoms with Crippen molar-refractivity contribution in [3.63, 3.8) is 0 Å². The minimum absolute atomic E-state index is 0.0474. The normalized spacial score (nSPS) is 15.9. The molecular formula is C30H29BrCl2N4O3. The Hall–Kier alpha value is -2.91. The van der Waals surface area contributed by atoms with Crippen molar-refractivity contribution in [1.82, 2.24) is 14.7 Å². The fraction of sp³-hybridized carbons (Fsp3) is 0.300. The first-order chi connectivity index (χ1) is 19.3. The van der Waals surface area contributed by atoms with Gasteiger partial charge in [0.1, 0.15) is 0 Å². The van der Waals surface area contributed by atoms with E-state index in [4.69, 9.17) is 23.2 Å². The lowest BCUT2D eigenvalue weighted by molar-refractivity contribution is -0.144. The van der Waals surface area contributed by atoms with Gasteiger partial charge in [-0.1, -0.05) is 63.4 Å². The largest absolute Gasteiger partial charge is 0.339 e. The van der Waals surface area contributed by atoms with E-state index in [0.29, 0.717) is 51.9 Å². The number of benzene rings is 3. The minimum Gasteiger partial charge on any atom is -0.339 e. The number of anilines is 1. The van der Waals surface area contributed by atoms with Gasteiger partial charge in [0.2, 0.25) is 0 Å². The van der Waals surface area contributed by atoms with Gasteiger partial charge in [0.15, 0.2) is 0 Å². The number of nitrogens with one attached hydrogen (secondary N) is 1. The molecule has 0 bridgehead atoms. The molecule has 2 aliphatic rings. The Morgan fingerprint density at radius 1 is 0.725 bits per heavy atom. The van der Waals surface area contributed by atoms with Crippen LogP contribution < -0.4 is 5.32 Å². The average Bonchev–Trinajstić information content (AvgIpc) is 3.50. The molecule has 7 nitrogen and oxygen atoms in total. The topological polar surface area (TPSA) is 73.0 Å². The highest BCUT2D eigenvalue weighted by molar-refractivity contribution is 9.10. The summed E-state index contributed by atoms with van der Waals surface area (Å²) in [5.41, 5.74) is 3.04. The van der Waals surface area contributed by atoms with Gasteiger partial charge < -0.3 is 15.1 Å². The number of amides is 3. The van der Waals surface area contributed by atoms with Gasteiger partial charge in [0.25, 0.3) is 5.91 Å². The maximum atomic E-state index is 13.1. The van der Waals surface area contributed by atoms with Crippen molar-refractivity contribution in [1.29, 1.82) is 0 Å². The Bertz CT molecular complexity index is 1340. The average molecular weight is 644 g/mol. The summed E-state index contributed by atoms with van der Waals surface area (Å²) in [6.07, 6.45) is 1.98. The van der Waals surface area contributed by atoms with E-state index < -0.39 is 11.8 Å². The molecule has 1 N–H and O–H groups in total. The SMILES string of the molecule is O=C(Nc1cc(Br)cc(C(=O)N2CCCC2)c1)C(=O)N1CCN(C(c2ccc(Cl)cc2)c2ccc(Cl)cc2)CC1. The number of piperazine rings is 1. The Morgan fingerprint density at radius 2 is 1.27 bits per heavy atom. The van der Waals surface area contributed by atoms with Crippen LogP contribution >= 0.6 is 39.1 Å². The summed E-state index contributed by atoms with van der Waals surface area (Å²) in [4.78, 5) is 44.5. The first-order valence-corrected chi connectivity index (χ1v) is 14.8. The molecule has 10 heteroatoms. The van der Waals surface area contributed by atoms with E-state index >= 15 is 0 Å². The van der Waals surface area contributed by atoms with Crippen molar-refractivity contribution >= 4 is 62.5 Å². The monoisotopic (exact) mass is 642 g/mol. The van der Waals surface area contributed by atoms with Crippen molar-refractivity contribution in [3.05, 3.63) is 97.9 Å². The lowest BCUT2D eigenvalue weighted by Gasteiger charge is -2.39. The Morgan fingerprint density at radius 3 is 1.82 bits per heavy atom. The predicted octanol–water partition coefficient (Wildman–Crippen LogP) is 5.86. The molecule has 0 unspecified atom stereocenters. The van der Waals surface area contributed by atoms with Gasteiger partial charge in [-0.15, -0.1) is 0 Å². The molecule has 208 valence electrons. The van der Waals surface area contributed by atoms with Crippen molar-refractivity contribution in [2.45, 2.75) is 18.9 Å². The molecule has 2 heterocycles. The van der Waals surface area contributed by atoms with E-state index in [-0.39, 0.29) is 11.9 Å². The predicted molar refractivity (Wildman–Crippen MR) is 161 cm³/mol. The van der Waals surface area contributed by atoms with Crippen LogP contribution in [-0.2, 0) is 9.59 Å². The van der Waals surface area contributed by atoms with Gasteiger partial charge in [0, 0.05) is 65.0 Å². The number of likely N-dealkylation sites (tertiary alicyclic amines) is 1. The number of rotatable bonds is 5. The fourth-order valence-electron chi connectivity index (χ4n) is 5.30. The molecule has 3 aromatic carbocycles. The fourth-order valence-corrected chi connectivity index (χ4v) is 6.05. The first kappa shape index (κ1) is 28.6. The van der Waals surface area contributed by atoms with E-state index in [1.807, 2.05) is 48.5 Å². The number of carbonyl (C=O) groups excluding carboxylic acids is 3. The quantitative estimate of drug-likeness (QED) is 0.354. The molecule has 0 aliphatic carbocycles. The molecule has 3 aromatic rings. The molecular weight excluding hydrogens is 615 g/mol. The molecule has 0 radical (unpaired) electrons. The summed E-state index contributed by atoms with van der Waals surface area (Å²) in [7, 11) is 0. The van der Waals surface area contributed by atoms with Crippen LogP contribution in [0.5, 0.6) is 0 Å². The van der Waals surface area contributed by atoms with E-state index in [9.17, 15) is 14.4 Å². The highest BCUT2D eigenvalue weighted by Crippen LogP contribution is 2.31. The van der Waals surface area contributed by atoms with Gasteiger partial charge in [-0.3, -0.25) is 19.3 Å². The van der Waals surface area contributed by atoms with E-state index in [1.54, 1.807) is 28.0 Å². The summed E-state index contributed by atoms with van der Waals surface area (Å²) in [5, 5.41) is 4.02. The van der Waals surface area contributed by atoms with E-state index in [1.165, 1.54) is 0 Å². The second-order valence-electron chi connectivity index (χ2n) is 10.0. The summed E-state index contributed by atoms with van der Waals surface area (Å²) < 4.78 is 0.657. The zero-order valence-corrected chi connectivity index (χ0v) is 24.9. The third kappa shape index (κ3) is 6.69. The van der Waals surface area contributed by atoms with Crippen LogP contribution in [0, 0.1) is 0 Å². The van der Waals surface area contributed by atoms with Crippen LogP contribution in [0.4, 0.5) is 5.69 Å². The van der Waals surface area contributed by atoms with Crippen LogP contribution in [0.1, 0.15) is 40.4 Å². The highest BCUT2D eigenvalue weighted by Gasteiger charge is 2.31. The Kier molecular flexibility index (Phi) is 9.10. The lowest BCUT2D eigenvalue weighted by atomic mass is 9.96. The standard InChI is InChI=1S/C30H29BrCl2N4O3/c31-23-17-22(29(39)36-11-1-2-12-36)18-26(19-23)34-28(38)30(40)37-15-13-35(14-16-37)27(20-3-7-24(32)8-4-20)21-5-9-25(33)10-6-21/h3-10,17-19,27H,1-2,11-16H2,(H,34,38). The molecule has 2 saturated heterocycles. The maximum Gasteiger partial charge on any atom is 0.313 e. The third-order valence-electron chi connectivity index (χ3n) is 7.33. The summed E-state index contributed by atoms with van der Waals surface area (Å²) >= 11 is 15.7. The second kappa shape index (κ2) is 12.7. The van der Waals surface area contributed by atoms with Gasteiger partial charge in [-0.25, -0.2) is 0 Å². The summed E-state index contributed by atoms with van der Waals surface area (Å²) in [6, 6.07) is 20.5. The number of hydrogen-bond donors (Lipinski definition) is 1. The summed E-state index contributed by atoms with van der Waals surface area (Å²) in [5.74, 6) is -1.40. The Labute approximate surface area is 252 Å². The van der Waals surface area contributed by atoms with Crippen LogP contribution in [0.3, 0.4) is 0 Å². The van der Waals surface area contributed by atoms with Crippen LogP contribution in [0.25, 0.3) is 0 Å². The van der Waals surface area contributed by atoms with Crippen molar-refractivity contribution in [2.75, 3.05) is 44.6 Å². The zero-order chi connectivity index (χ0) is 28.2. The van der Waals surface area contributed by atoms with Crippen molar-refractivity contribution in [3.8, 4) is 0 Å². The molecule has 3 amide bonds. The molecule has 2 aliphatic heterocycles. The smallest absolute Gasteiger partial charge is 0.313 e. The molecule has 0 atom stereocenters. The van der Waals surface area contributed by atoms with Gasteiger partial charge in [0.05, 0.1) is 6.04 Å². The van der Waals surface area contributed by atoms with E-state index in [2.05, 4.69) is 26.1 Å². The molecule has 5 rings (SSSR count). The molecule has 2 fully saturated rings. The molecule has 0 aromatic heterocycles. The third-order valence-corrected chi connectivity index (χ3v) is 8.29. The van der Waals surface area contributed by atoms with E-state index in [0.717, 1.165) is 37.1 Å². The molecule has 40 heavy (non-hydrogen) atoms. The number of nitrogens with zero attached hydrogens (tertiary/aromatic N) is 3. The van der Waals surface area contributed by atoms with Crippen LogP contribution in [-0.4, -0.2) is 71.7 Å². The van der Waals surface area contributed by atoms with Gasteiger partial charge in [-0.2, -0.15) is 0 Å². The number of carbonyl (C=O) groups is 3.